The lowest BCUT2D eigenvalue weighted by Crippen LogP contribution is -2.43. The fourth-order valence-corrected chi connectivity index (χ4v) is 2.58. The van der Waals surface area contributed by atoms with Crippen LogP contribution >= 0.6 is 11.6 Å². The third-order valence-electron chi connectivity index (χ3n) is 3.65. The molecule has 0 bridgehead atoms. The Hall–Kier alpha value is -2.26. The molecular formula is C15H14ClF3N4O2. The SMILES string of the molecule is O=C(Nc1cnn(-c2ccc(Cl)cc2)c1C(F)(F)F)N1CCOCC1. The highest BCUT2D eigenvalue weighted by Gasteiger charge is 2.39. The molecule has 3 rings (SSSR count). The number of nitrogens with one attached hydrogen (secondary N) is 1. The molecule has 0 unspecified atom stereocenters. The molecule has 0 saturated carbocycles. The number of morpholine rings is 1. The van der Waals surface area contributed by atoms with E-state index in [4.69, 9.17) is 16.3 Å². The third kappa shape index (κ3) is 3.88. The van der Waals surface area contributed by atoms with Crippen molar-refractivity contribution >= 4 is 23.3 Å². The van der Waals surface area contributed by atoms with Gasteiger partial charge in [-0.3, -0.25) is 0 Å². The Bertz CT molecular complexity index is 755. The van der Waals surface area contributed by atoms with Crippen LogP contribution in [0.1, 0.15) is 5.69 Å². The predicted octanol–water partition coefficient (Wildman–Crippen LogP) is 3.41. The zero-order valence-electron chi connectivity index (χ0n) is 12.9. The lowest BCUT2D eigenvalue weighted by molar-refractivity contribution is -0.142. The Morgan fingerprint density at radius 2 is 1.84 bits per heavy atom. The van der Waals surface area contributed by atoms with Gasteiger partial charge in [0.05, 0.1) is 30.8 Å². The summed E-state index contributed by atoms with van der Waals surface area (Å²) >= 11 is 5.76. The van der Waals surface area contributed by atoms with Crippen LogP contribution in [0.3, 0.4) is 0 Å². The molecule has 2 aromatic rings. The van der Waals surface area contributed by atoms with Gasteiger partial charge < -0.3 is 15.0 Å². The normalized spacial score (nSPS) is 15.3. The highest BCUT2D eigenvalue weighted by atomic mass is 35.5. The minimum absolute atomic E-state index is 0.184. The molecule has 0 atom stereocenters. The molecule has 1 aromatic heterocycles. The van der Waals surface area contributed by atoms with Crippen molar-refractivity contribution in [2.75, 3.05) is 31.6 Å². The number of aromatic nitrogens is 2. The summed E-state index contributed by atoms with van der Waals surface area (Å²) < 4.78 is 46.4. The summed E-state index contributed by atoms with van der Waals surface area (Å²) in [6, 6.07) is 5.13. The maximum atomic E-state index is 13.5. The number of urea groups is 1. The maximum Gasteiger partial charge on any atom is 0.435 e. The number of ether oxygens (including phenoxy) is 1. The standard InChI is InChI=1S/C15H14ClF3N4O2/c16-10-1-3-11(4-2-10)23-13(15(17,18)19)12(9-20-23)21-14(24)22-5-7-25-8-6-22/h1-4,9H,5-8H2,(H,21,24). The fraction of sp³-hybridized carbons (Fsp3) is 0.333. The van der Waals surface area contributed by atoms with Crippen LogP contribution in [-0.4, -0.2) is 47.0 Å². The van der Waals surface area contributed by atoms with Gasteiger partial charge in [-0.25, -0.2) is 9.48 Å². The van der Waals surface area contributed by atoms with Crippen molar-refractivity contribution in [2.45, 2.75) is 6.18 Å². The zero-order valence-corrected chi connectivity index (χ0v) is 13.6. The van der Waals surface area contributed by atoms with Gasteiger partial charge in [0.15, 0.2) is 5.69 Å². The van der Waals surface area contributed by atoms with Crippen molar-refractivity contribution in [2.24, 2.45) is 0 Å². The van der Waals surface area contributed by atoms with Gasteiger partial charge in [-0.2, -0.15) is 18.3 Å². The van der Waals surface area contributed by atoms with Crippen molar-refractivity contribution in [1.29, 1.82) is 0 Å². The number of carbonyl (C=O) groups is 1. The van der Waals surface area contributed by atoms with Gasteiger partial charge >= 0.3 is 12.2 Å². The molecule has 0 aliphatic carbocycles. The van der Waals surface area contributed by atoms with Crippen LogP contribution in [0.2, 0.25) is 5.02 Å². The van der Waals surface area contributed by atoms with Crippen molar-refractivity contribution < 1.29 is 22.7 Å². The fourth-order valence-electron chi connectivity index (χ4n) is 2.45. The van der Waals surface area contributed by atoms with Crippen LogP contribution in [0, 0.1) is 0 Å². The van der Waals surface area contributed by atoms with E-state index in [1.54, 1.807) is 0 Å². The third-order valence-corrected chi connectivity index (χ3v) is 3.90. The van der Waals surface area contributed by atoms with Gasteiger partial charge in [-0.05, 0) is 24.3 Å². The molecule has 134 valence electrons. The molecule has 1 aromatic carbocycles. The number of hydrogen-bond donors (Lipinski definition) is 1. The molecule has 6 nitrogen and oxygen atoms in total. The first-order valence-corrected chi connectivity index (χ1v) is 7.79. The number of carbonyl (C=O) groups excluding carboxylic acids is 1. The lowest BCUT2D eigenvalue weighted by atomic mass is 10.3. The van der Waals surface area contributed by atoms with E-state index in [9.17, 15) is 18.0 Å². The minimum Gasteiger partial charge on any atom is -0.378 e. The Morgan fingerprint density at radius 1 is 1.20 bits per heavy atom. The van der Waals surface area contributed by atoms with E-state index in [0.717, 1.165) is 10.9 Å². The monoisotopic (exact) mass is 374 g/mol. The first-order valence-electron chi connectivity index (χ1n) is 7.41. The van der Waals surface area contributed by atoms with Gasteiger partial charge in [-0.1, -0.05) is 11.6 Å². The molecule has 0 radical (unpaired) electrons. The van der Waals surface area contributed by atoms with Gasteiger partial charge in [0.1, 0.15) is 0 Å². The Kier molecular flexibility index (Phi) is 4.87. The second-order valence-corrected chi connectivity index (χ2v) is 5.76. The van der Waals surface area contributed by atoms with Crippen LogP contribution < -0.4 is 5.32 Å². The summed E-state index contributed by atoms with van der Waals surface area (Å²) in [6.45, 7) is 1.34. The van der Waals surface area contributed by atoms with Gasteiger partial charge in [-0.15, -0.1) is 0 Å². The highest BCUT2D eigenvalue weighted by Crippen LogP contribution is 2.36. The van der Waals surface area contributed by atoms with Crippen molar-refractivity contribution in [1.82, 2.24) is 14.7 Å². The molecule has 1 saturated heterocycles. The number of rotatable bonds is 2. The second kappa shape index (κ2) is 6.93. The van der Waals surface area contributed by atoms with Gasteiger partial charge in [0.25, 0.3) is 0 Å². The Balaban J connectivity index is 1.91. The number of nitrogens with zero attached hydrogens (tertiary/aromatic N) is 3. The van der Waals surface area contributed by atoms with Crippen LogP contribution in [0.5, 0.6) is 0 Å². The topological polar surface area (TPSA) is 59.4 Å². The summed E-state index contributed by atoms with van der Waals surface area (Å²) in [5.74, 6) is 0. The molecule has 1 N–H and O–H groups in total. The lowest BCUT2D eigenvalue weighted by Gasteiger charge is -2.27. The first-order chi connectivity index (χ1) is 11.9. The minimum atomic E-state index is -4.70. The van der Waals surface area contributed by atoms with Gasteiger partial charge in [0, 0.05) is 18.1 Å². The van der Waals surface area contributed by atoms with E-state index >= 15 is 0 Å². The van der Waals surface area contributed by atoms with Crippen molar-refractivity contribution in [3.63, 3.8) is 0 Å². The molecule has 2 amide bonds. The highest BCUT2D eigenvalue weighted by molar-refractivity contribution is 6.30. The molecule has 1 aliphatic heterocycles. The maximum absolute atomic E-state index is 13.5. The number of anilines is 1. The van der Waals surface area contributed by atoms with Crippen LogP contribution in [0.25, 0.3) is 5.69 Å². The smallest absolute Gasteiger partial charge is 0.378 e. The molecule has 1 aliphatic rings. The molecule has 25 heavy (non-hydrogen) atoms. The van der Waals surface area contributed by atoms with E-state index < -0.39 is 23.6 Å². The van der Waals surface area contributed by atoms with Crippen LogP contribution in [0.15, 0.2) is 30.5 Å². The summed E-state index contributed by atoms with van der Waals surface area (Å²) in [5.41, 5.74) is -1.28. The van der Waals surface area contributed by atoms with E-state index in [-0.39, 0.29) is 5.69 Å². The number of amides is 2. The van der Waals surface area contributed by atoms with Crippen molar-refractivity contribution in [3.8, 4) is 5.69 Å². The first kappa shape index (κ1) is 17.6. The van der Waals surface area contributed by atoms with E-state index in [2.05, 4.69) is 10.4 Å². The largest absolute Gasteiger partial charge is 0.435 e. The summed E-state index contributed by atoms with van der Waals surface area (Å²) in [5, 5.41) is 6.46. The predicted molar refractivity (Wildman–Crippen MR) is 85.0 cm³/mol. The quantitative estimate of drug-likeness (QED) is 0.876. The average molecular weight is 375 g/mol. The Labute approximate surface area is 146 Å². The van der Waals surface area contributed by atoms with E-state index in [1.807, 2.05) is 0 Å². The number of alkyl halides is 3. The summed E-state index contributed by atoms with van der Waals surface area (Å²) in [6.07, 6.45) is -3.72. The molecular weight excluding hydrogens is 361 g/mol. The number of benzene rings is 1. The molecule has 10 heteroatoms. The van der Waals surface area contributed by atoms with Crippen LogP contribution in [-0.2, 0) is 10.9 Å². The second-order valence-electron chi connectivity index (χ2n) is 5.32. The molecule has 0 spiro atoms. The average Bonchev–Trinajstić information content (AvgIpc) is 3.00. The van der Waals surface area contributed by atoms with Gasteiger partial charge in [0.2, 0.25) is 0 Å². The Morgan fingerprint density at radius 3 is 2.44 bits per heavy atom. The van der Waals surface area contributed by atoms with E-state index in [0.29, 0.717) is 31.3 Å². The zero-order chi connectivity index (χ0) is 18.0. The van der Waals surface area contributed by atoms with Crippen LogP contribution in [0.4, 0.5) is 23.7 Å². The molecule has 2 heterocycles. The summed E-state index contributed by atoms with van der Waals surface area (Å²) in [4.78, 5) is 13.6. The number of hydrogen-bond acceptors (Lipinski definition) is 3. The summed E-state index contributed by atoms with van der Waals surface area (Å²) in [7, 11) is 0. The van der Waals surface area contributed by atoms with E-state index in [1.165, 1.54) is 29.2 Å². The van der Waals surface area contributed by atoms with Crippen molar-refractivity contribution in [3.05, 3.63) is 41.2 Å². The number of halogens is 4. The molecule has 1 fully saturated rings.